The average Bonchev–Trinajstić information content (AvgIpc) is 2.92. The average molecular weight is 215 g/mol. The second-order valence-corrected chi connectivity index (χ2v) is 5.11. The second kappa shape index (κ2) is 3.70. The summed E-state index contributed by atoms with van der Waals surface area (Å²) in [7, 11) is 0. The standard InChI is InChI=1S/C14H17NO/c1-10-14-12(13(14)9-16)8-15(10)7-11-5-3-2-4-6-11/h2-6,9-10,12-14H,7-8H2,1H3. The van der Waals surface area contributed by atoms with Crippen LogP contribution in [0.2, 0.25) is 0 Å². The van der Waals surface area contributed by atoms with Crippen LogP contribution in [0.3, 0.4) is 0 Å². The van der Waals surface area contributed by atoms with Crippen molar-refractivity contribution in [3.05, 3.63) is 35.9 Å². The molecule has 1 aliphatic carbocycles. The SMILES string of the molecule is CC1C2C(C=O)C2CN1Cc1ccccc1. The van der Waals surface area contributed by atoms with Gasteiger partial charge in [-0.3, -0.25) is 4.90 Å². The molecule has 4 unspecified atom stereocenters. The van der Waals surface area contributed by atoms with Crippen LogP contribution in [0, 0.1) is 17.8 Å². The largest absolute Gasteiger partial charge is 0.303 e. The van der Waals surface area contributed by atoms with Crippen molar-refractivity contribution < 1.29 is 4.79 Å². The lowest BCUT2D eigenvalue weighted by Gasteiger charge is -2.25. The molecule has 0 radical (unpaired) electrons. The molecule has 3 rings (SSSR count). The quantitative estimate of drug-likeness (QED) is 0.718. The topological polar surface area (TPSA) is 20.3 Å². The Morgan fingerprint density at radius 2 is 2.12 bits per heavy atom. The molecule has 1 heterocycles. The van der Waals surface area contributed by atoms with Gasteiger partial charge in [-0.1, -0.05) is 30.3 Å². The van der Waals surface area contributed by atoms with E-state index >= 15 is 0 Å². The van der Waals surface area contributed by atoms with Gasteiger partial charge in [0, 0.05) is 25.0 Å². The highest BCUT2D eigenvalue weighted by molar-refractivity contribution is 5.60. The summed E-state index contributed by atoms with van der Waals surface area (Å²) in [5.74, 6) is 1.65. The summed E-state index contributed by atoms with van der Waals surface area (Å²) < 4.78 is 0. The van der Waals surface area contributed by atoms with Gasteiger partial charge in [0.2, 0.25) is 0 Å². The Morgan fingerprint density at radius 1 is 1.38 bits per heavy atom. The van der Waals surface area contributed by atoms with E-state index in [1.807, 2.05) is 0 Å². The van der Waals surface area contributed by atoms with Crippen LogP contribution in [-0.4, -0.2) is 23.8 Å². The lowest BCUT2D eigenvalue weighted by atomic mass is 10.1. The molecule has 4 atom stereocenters. The Labute approximate surface area is 96.3 Å². The third-order valence-electron chi connectivity index (χ3n) is 4.26. The van der Waals surface area contributed by atoms with Crippen LogP contribution in [0.5, 0.6) is 0 Å². The van der Waals surface area contributed by atoms with Crippen molar-refractivity contribution in [3.63, 3.8) is 0 Å². The van der Waals surface area contributed by atoms with E-state index in [-0.39, 0.29) is 0 Å². The Bertz CT molecular complexity index is 389. The summed E-state index contributed by atoms with van der Waals surface area (Å²) in [5, 5.41) is 0. The number of carbonyl (C=O) groups is 1. The number of carbonyl (C=O) groups excluding carboxylic acids is 1. The molecule has 1 saturated heterocycles. The third kappa shape index (κ3) is 1.49. The summed E-state index contributed by atoms with van der Waals surface area (Å²) in [6, 6.07) is 11.1. The van der Waals surface area contributed by atoms with Crippen LogP contribution in [-0.2, 0) is 11.3 Å². The predicted octanol–water partition coefficient (Wildman–Crippen LogP) is 1.95. The van der Waals surface area contributed by atoms with Crippen molar-refractivity contribution in [2.45, 2.75) is 19.5 Å². The fraction of sp³-hybridized carbons (Fsp3) is 0.500. The highest BCUT2D eigenvalue weighted by atomic mass is 16.1. The maximum Gasteiger partial charge on any atom is 0.123 e. The first-order valence-corrected chi connectivity index (χ1v) is 6.04. The lowest BCUT2D eigenvalue weighted by Crippen LogP contribution is -2.31. The molecule has 2 nitrogen and oxygen atoms in total. The van der Waals surface area contributed by atoms with Crippen LogP contribution in [0.1, 0.15) is 12.5 Å². The Morgan fingerprint density at radius 3 is 2.69 bits per heavy atom. The number of rotatable bonds is 3. The first-order valence-electron chi connectivity index (χ1n) is 6.04. The van der Waals surface area contributed by atoms with Crippen LogP contribution in [0.15, 0.2) is 30.3 Å². The van der Waals surface area contributed by atoms with Crippen LogP contribution >= 0.6 is 0 Å². The number of piperidine rings is 1. The molecule has 0 bridgehead atoms. The second-order valence-electron chi connectivity index (χ2n) is 5.11. The van der Waals surface area contributed by atoms with Gasteiger partial charge in [-0.15, -0.1) is 0 Å². The molecule has 1 saturated carbocycles. The highest BCUT2D eigenvalue weighted by Crippen LogP contribution is 2.54. The van der Waals surface area contributed by atoms with Crippen molar-refractivity contribution in [1.29, 1.82) is 0 Å². The zero-order chi connectivity index (χ0) is 11.1. The smallest absolute Gasteiger partial charge is 0.123 e. The van der Waals surface area contributed by atoms with E-state index in [0.717, 1.165) is 19.4 Å². The van der Waals surface area contributed by atoms with E-state index in [4.69, 9.17) is 0 Å². The normalized spacial score (nSPS) is 37.1. The molecule has 2 heteroatoms. The predicted molar refractivity (Wildman–Crippen MR) is 62.8 cm³/mol. The minimum atomic E-state index is 0.363. The monoisotopic (exact) mass is 215 g/mol. The van der Waals surface area contributed by atoms with Gasteiger partial charge in [-0.25, -0.2) is 0 Å². The zero-order valence-corrected chi connectivity index (χ0v) is 9.54. The Kier molecular flexibility index (Phi) is 2.32. The molecule has 2 fully saturated rings. The van der Waals surface area contributed by atoms with Crippen LogP contribution < -0.4 is 0 Å². The van der Waals surface area contributed by atoms with E-state index in [1.54, 1.807) is 0 Å². The van der Waals surface area contributed by atoms with Gasteiger partial charge in [0.25, 0.3) is 0 Å². The molecule has 2 aliphatic rings. The summed E-state index contributed by atoms with van der Waals surface area (Å²) in [6.45, 7) is 4.39. The molecule has 0 N–H and O–H groups in total. The Balaban J connectivity index is 1.65. The third-order valence-corrected chi connectivity index (χ3v) is 4.26. The highest BCUT2D eigenvalue weighted by Gasteiger charge is 2.59. The minimum absolute atomic E-state index is 0.363. The molecule has 1 aliphatic heterocycles. The molecule has 0 spiro atoms. The maximum atomic E-state index is 10.8. The molecular weight excluding hydrogens is 198 g/mol. The van der Waals surface area contributed by atoms with E-state index in [0.29, 0.717) is 23.8 Å². The van der Waals surface area contributed by atoms with Crippen molar-refractivity contribution in [1.82, 2.24) is 4.90 Å². The van der Waals surface area contributed by atoms with Gasteiger partial charge in [-0.05, 0) is 24.3 Å². The number of aldehydes is 1. The van der Waals surface area contributed by atoms with Crippen LogP contribution in [0.4, 0.5) is 0 Å². The van der Waals surface area contributed by atoms with E-state index in [1.165, 1.54) is 5.56 Å². The van der Waals surface area contributed by atoms with Crippen molar-refractivity contribution in [2.24, 2.45) is 17.8 Å². The summed E-state index contributed by atoms with van der Waals surface area (Å²) in [6.07, 6.45) is 1.16. The lowest BCUT2D eigenvalue weighted by molar-refractivity contribution is -0.109. The van der Waals surface area contributed by atoms with Crippen molar-refractivity contribution >= 4 is 6.29 Å². The van der Waals surface area contributed by atoms with Gasteiger partial charge < -0.3 is 4.79 Å². The molecule has 0 amide bonds. The number of hydrogen-bond acceptors (Lipinski definition) is 2. The molecule has 84 valence electrons. The molecule has 1 aromatic carbocycles. The van der Waals surface area contributed by atoms with E-state index < -0.39 is 0 Å². The van der Waals surface area contributed by atoms with E-state index in [2.05, 4.69) is 42.2 Å². The fourth-order valence-corrected chi connectivity index (χ4v) is 3.25. The Hall–Kier alpha value is -1.15. The van der Waals surface area contributed by atoms with Gasteiger partial charge in [0.15, 0.2) is 0 Å². The van der Waals surface area contributed by atoms with Crippen molar-refractivity contribution in [3.8, 4) is 0 Å². The maximum absolute atomic E-state index is 10.8. The van der Waals surface area contributed by atoms with Gasteiger partial charge in [0.1, 0.15) is 6.29 Å². The van der Waals surface area contributed by atoms with Gasteiger partial charge in [0.05, 0.1) is 0 Å². The first-order chi connectivity index (χ1) is 7.81. The van der Waals surface area contributed by atoms with Gasteiger partial charge >= 0.3 is 0 Å². The number of fused-ring (bicyclic) bond motifs is 1. The number of hydrogen-bond donors (Lipinski definition) is 0. The summed E-state index contributed by atoms with van der Waals surface area (Å²) in [5.41, 5.74) is 1.37. The number of benzene rings is 1. The summed E-state index contributed by atoms with van der Waals surface area (Å²) in [4.78, 5) is 13.3. The van der Waals surface area contributed by atoms with Crippen molar-refractivity contribution in [2.75, 3.05) is 6.54 Å². The van der Waals surface area contributed by atoms with E-state index in [9.17, 15) is 4.79 Å². The minimum Gasteiger partial charge on any atom is -0.303 e. The fourth-order valence-electron chi connectivity index (χ4n) is 3.25. The first kappa shape index (κ1) is 10.0. The molecule has 16 heavy (non-hydrogen) atoms. The molecular formula is C14H17NO. The number of nitrogens with zero attached hydrogens (tertiary/aromatic N) is 1. The van der Waals surface area contributed by atoms with Gasteiger partial charge in [-0.2, -0.15) is 0 Å². The molecule has 1 aromatic rings. The molecule has 0 aromatic heterocycles. The van der Waals surface area contributed by atoms with Crippen LogP contribution in [0.25, 0.3) is 0 Å². The summed E-state index contributed by atoms with van der Waals surface area (Å²) >= 11 is 0. The zero-order valence-electron chi connectivity index (χ0n) is 9.54. The number of likely N-dealkylation sites (tertiary alicyclic amines) is 1.